The van der Waals surface area contributed by atoms with Crippen LogP contribution in [0.2, 0.25) is 0 Å². The molecule has 1 aliphatic rings. The summed E-state index contributed by atoms with van der Waals surface area (Å²) >= 11 is 0. The summed E-state index contributed by atoms with van der Waals surface area (Å²) in [5.41, 5.74) is -0.218. The maximum absolute atomic E-state index is 12.8. The van der Waals surface area contributed by atoms with E-state index in [9.17, 15) is 18.0 Å². The van der Waals surface area contributed by atoms with Gasteiger partial charge in [-0.3, -0.25) is 4.79 Å². The molecule has 1 aromatic carbocycles. The molecule has 10 heteroatoms. The van der Waals surface area contributed by atoms with E-state index in [0.29, 0.717) is 31.9 Å². The smallest absolute Gasteiger partial charge is 0.407 e. The molecule has 1 saturated heterocycles. The van der Waals surface area contributed by atoms with Crippen molar-refractivity contribution in [3.8, 4) is 0 Å². The molecule has 0 radical (unpaired) electrons. The van der Waals surface area contributed by atoms with E-state index in [-0.39, 0.29) is 23.8 Å². The monoisotopic (exact) mass is 426 g/mol. The van der Waals surface area contributed by atoms with Crippen LogP contribution in [-0.2, 0) is 19.6 Å². The Morgan fingerprint density at radius 2 is 1.79 bits per heavy atom. The molecule has 1 heterocycles. The Hall–Kier alpha value is -2.17. The van der Waals surface area contributed by atoms with Gasteiger partial charge < -0.3 is 20.3 Å². The second-order valence-electron chi connectivity index (χ2n) is 7.96. The average Bonchev–Trinajstić information content (AvgIpc) is 2.60. The quantitative estimate of drug-likeness (QED) is 0.713. The molecule has 0 unspecified atom stereocenters. The number of sulfonamides is 1. The normalized spacial score (nSPS) is 16.3. The molecule has 0 aromatic heterocycles. The second-order valence-corrected chi connectivity index (χ2v) is 9.90. The van der Waals surface area contributed by atoms with Gasteiger partial charge in [-0.1, -0.05) is 6.07 Å². The lowest BCUT2D eigenvalue weighted by molar-refractivity contribution is -0.116. The van der Waals surface area contributed by atoms with E-state index in [0.717, 1.165) is 0 Å². The third kappa shape index (κ3) is 7.30. The molecular formula is C19H30N4O5S. The molecule has 0 bridgehead atoms. The maximum Gasteiger partial charge on any atom is 0.407 e. The number of nitrogens with one attached hydrogen (secondary N) is 2. The first-order valence-corrected chi connectivity index (χ1v) is 11.0. The van der Waals surface area contributed by atoms with Crippen LogP contribution < -0.4 is 10.6 Å². The van der Waals surface area contributed by atoms with Crippen LogP contribution in [0, 0.1) is 0 Å². The number of amides is 2. The number of nitrogens with zero attached hydrogens (tertiary/aromatic N) is 2. The maximum atomic E-state index is 12.8. The van der Waals surface area contributed by atoms with Crippen LogP contribution in [0.3, 0.4) is 0 Å². The zero-order valence-corrected chi connectivity index (χ0v) is 18.2. The Morgan fingerprint density at radius 1 is 1.14 bits per heavy atom. The van der Waals surface area contributed by atoms with Crippen LogP contribution in [0.4, 0.5) is 10.5 Å². The van der Waals surface area contributed by atoms with Crippen LogP contribution in [-0.4, -0.2) is 75.0 Å². The number of carbonyl (C=O) groups excluding carboxylic acids is 2. The number of benzene rings is 1. The van der Waals surface area contributed by atoms with Gasteiger partial charge in [-0.15, -0.1) is 0 Å². The highest BCUT2D eigenvalue weighted by atomic mass is 32.2. The molecule has 2 rings (SSSR count). The van der Waals surface area contributed by atoms with Gasteiger partial charge in [0.25, 0.3) is 0 Å². The molecule has 0 atom stereocenters. The van der Waals surface area contributed by atoms with Crippen molar-refractivity contribution in [1.29, 1.82) is 0 Å². The minimum Gasteiger partial charge on any atom is -0.444 e. The average molecular weight is 427 g/mol. The molecule has 1 aliphatic heterocycles. The van der Waals surface area contributed by atoms with Gasteiger partial charge in [0.05, 0.1) is 4.90 Å². The van der Waals surface area contributed by atoms with E-state index in [1.54, 1.807) is 32.9 Å². The summed E-state index contributed by atoms with van der Waals surface area (Å²) in [7, 11) is -1.65. The molecule has 0 spiro atoms. The summed E-state index contributed by atoms with van der Waals surface area (Å²) in [4.78, 5) is 25.9. The van der Waals surface area contributed by atoms with Crippen molar-refractivity contribution in [3.63, 3.8) is 0 Å². The zero-order valence-electron chi connectivity index (χ0n) is 17.4. The van der Waals surface area contributed by atoms with E-state index >= 15 is 0 Å². The molecular weight excluding hydrogens is 396 g/mol. The van der Waals surface area contributed by atoms with Gasteiger partial charge in [0.2, 0.25) is 15.9 Å². The largest absolute Gasteiger partial charge is 0.444 e. The summed E-state index contributed by atoms with van der Waals surface area (Å²) in [6.07, 6.45) is -0.556. The van der Waals surface area contributed by atoms with Crippen molar-refractivity contribution in [2.75, 3.05) is 45.1 Å². The Balaban J connectivity index is 1.90. The summed E-state index contributed by atoms with van der Waals surface area (Å²) in [6, 6.07) is 6.19. The predicted molar refractivity (Wildman–Crippen MR) is 110 cm³/mol. The molecule has 2 N–H and O–H groups in total. The summed E-state index contributed by atoms with van der Waals surface area (Å²) in [6.45, 7) is 7.60. The fraction of sp³-hybridized carbons (Fsp3) is 0.579. The van der Waals surface area contributed by atoms with Crippen molar-refractivity contribution >= 4 is 27.7 Å². The number of likely N-dealkylation sites (N-methyl/N-ethyl adjacent to an activating group) is 1. The number of alkyl carbamates (subject to hydrolysis) is 1. The van der Waals surface area contributed by atoms with E-state index in [1.165, 1.54) is 16.4 Å². The van der Waals surface area contributed by atoms with E-state index in [1.807, 2.05) is 7.05 Å². The van der Waals surface area contributed by atoms with E-state index in [4.69, 9.17) is 4.74 Å². The summed E-state index contributed by atoms with van der Waals surface area (Å²) < 4.78 is 32.2. The lowest BCUT2D eigenvalue weighted by atomic mass is 10.2. The minimum absolute atomic E-state index is 0.0364. The van der Waals surface area contributed by atoms with Crippen LogP contribution in [0.5, 0.6) is 0 Å². The minimum atomic E-state index is -3.61. The van der Waals surface area contributed by atoms with Crippen molar-refractivity contribution in [2.24, 2.45) is 0 Å². The van der Waals surface area contributed by atoms with Gasteiger partial charge in [-0.25, -0.2) is 13.2 Å². The molecule has 2 amide bonds. The van der Waals surface area contributed by atoms with Gasteiger partial charge in [0.1, 0.15) is 5.60 Å². The van der Waals surface area contributed by atoms with Crippen molar-refractivity contribution in [1.82, 2.24) is 14.5 Å². The first kappa shape index (κ1) is 23.1. The van der Waals surface area contributed by atoms with Crippen LogP contribution in [0.1, 0.15) is 27.2 Å². The van der Waals surface area contributed by atoms with Crippen LogP contribution in [0.25, 0.3) is 0 Å². The fourth-order valence-electron chi connectivity index (χ4n) is 2.73. The fourth-order valence-corrected chi connectivity index (χ4v) is 4.20. The van der Waals surface area contributed by atoms with Crippen LogP contribution in [0.15, 0.2) is 29.2 Å². The highest BCUT2D eigenvalue weighted by Gasteiger charge is 2.27. The third-order valence-corrected chi connectivity index (χ3v) is 6.13. The Morgan fingerprint density at radius 3 is 2.41 bits per heavy atom. The Bertz CT molecular complexity index is 827. The molecule has 1 fully saturated rings. The summed E-state index contributed by atoms with van der Waals surface area (Å²) in [5, 5.41) is 5.17. The number of ether oxygens (including phenoxy) is 1. The summed E-state index contributed by atoms with van der Waals surface area (Å²) in [5.74, 6) is -0.338. The topological polar surface area (TPSA) is 108 Å². The standard InChI is InChI=1S/C19H30N4O5S/c1-19(2,3)28-18(25)20-9-8-17(24)21-15-6-5-7-16(14-15)29(26,27)23-12-10-22(4)11-13-23/h5-7,14H,8-13H2,1-4H3,(H,20,25)(H,21,24). The number of piperazine rings is 1. The SMILES string of the molecule is CN1CCN(S(=O)(=O)c2cccc(NC(=O)CCNC(=O)OC(C)(C)C)c2)CC1. The molecule has 9 nitrogen and oxygen atoms in total. The van der Waals surface area contributed by atoms with Gasteiger partial charge in [0, 0.05) is 44.8 Å². The number of carbonyl (C=O) groups is 2. The van der Waals surface area contributed by atoms with E-state index < -0.39 is 21.7 Å². The first-order valence-electron chi connectivity index (χ1n) is 9.53. The van der Waals surface area contributed by atoms with Gasteiger partial charge in [-0.05, 0) is 46.0 Å². The third-order valence-electron chi connectivity index (χ3n) is 4.24. The Labute approximate surface area is 172 Å². The lowest BCUT2D eigenvalue weighted by Gasteiger charge is -2.31. The second kappa shape index (κ2) is 9.55. The Kier molecular flexibility index (Phi) is 7.61. The number of hydrogen-bond acceptors (Lipinski definition) is 6. The molecule has 0 aliphatic carbocycles. The zero-order chi connectivity index (χ0) is 21.7. The molecule has 162 valence electrons. The lowest BCUT2D eigenvalue weighted by Crippen LogP contribution is -2.47. The van der Waals surface area contributed by atoms with Crippen molar-refractivity contribution < 1.29 is 22.7 Å². The van der Waals surface area contributed by atoms with E-state index in [2.05, 4.69) is 15.5 Å². The van der Waals surface area contributed by atoms with Crippen molar-refractivity contribution in [2.45, 2.75) is 37.7 Å². The molecule has 1 aromatic rings. The van der Waals surface area contributed by atoms with Gasteiger partial charge >= 0.3 is 6.09 Å². The van der Waals surface area contributed by atoms with Crippen molar-refractivity contribution in [3.05, 3.63) is 24.3 Å². The van der Waals surface area contributed by atoms with Crippen LogP contribution >= 0.6 is 0 Å². The molecule has 29 heavy (non-hydrogen) atoms. The predicted octanol–water partition coefficient (Wildman–Crippen LogP) is 1.48. The van der Waals surface area contributed by atoms with Gasteiger partial charge in [0.15, 0.2) is 0 Å². The first-order chi connectivity index (χ1) is 13.5. The number of hydrogen-bond donors (Lipinski definition) is 2. The number of anilines is 1. The van der Waals surface area contributed by atoms with Gasteiger partial charge in [-0.2, -0.15) is 4.31 Å². The molecule has 0 saturated carbocycles. The highest BCUT2D eigenvalue weighted by Crippen LogP contribution is 2.21. The highest BCUT2D eigenvalue weighted by molar-refractivity contribution is 7.89. The number of rotatable bonds is 6.